The Hall–Kier alpha value is -1.86. The van der Waals surface area contributed by atoms with Gasteiger partial charge in [0.2, 0.25) is 0 Å². The Labute approximate surface area is 126 Å². The van der Waals surface area contributed by atoms with E-state index < -0.39 is 16.0 Å². The maximum atomic E-state index is 12.7. The molecule has 0 bridgehead atoms. The van der Waals surface area contributed by atoms with Gasteiger partial charge in [-0.2, -0.15) is 0 Å². The van der Waals surface area contributed by atoms with Gasteiger partial charge in [-0.05, 0) is 17.7 Å². The molecule has 0 fully saturated rings. The first-order chi connectivity index (χ1) is 9.91. The maximum absolute atomic E-state index is 12.7. The third-order valence-corrected chi connectivity index (χ3v) is 6.74. The van der Waals surface area contributed by atoms with Crippen LogP contribution in [0.2, 0.25) is 0 Å². The molecule has 1 aromatic carbocycles. The van der Waals surface area contributed by atoms with E-state index in [2.05, 4.69) is 0 Å². The van der Waals surface area contributed by atoms with Gasteiger partial charge in [-0.25, -0.2) is 13.2 Å². The highest BCUT2D eigenvalue weighted by atomic mass is 32.2. The third-order valence-electron chi connectivity index (χ3n) is 3.54. The summed E-state index contributed by atoms with van der Waals surface area (Å²) in [4.78, 5) is 10.9. The number of anilines is 1. The number of nitrogens with zero attached hydrogens (tertiary/aromatic N) is 1. The molecule has 0 amide bonds. The molecule has 1 atom stereocenters. The topological polar surface area (TPSA) is 74.7 Å². The van der Waals surface area contributed by atoms with E-state index >= 15 is 0 Å². The van der Waals surface area contributed by atoms with Crippen molar-refractivity contribution >= 4 is 33.0 Å². The van der Waals surface area contributed by atoms with E-state index in [1.54, 1.807) is 12.1 Å². The Kier molecular flexibility index (Phi) is 3.26. The molecule has 5 nitrogen and oxygen atoms in total. The highest BCUT2D eigenvalue weighted by Crippen LogP contribution is 2.40. The number of hydrogen-bond acceptors (Lipinski definition) is 4. The third kappa shape index (κ3) is 2.22. The summed E-state index contributed by atoms with van der Waals surface area (Å²) >= 11 is 0.937. The quantitative estimate of drug-likeness (QED) is 0.942. The standard InChI is InChI=1S/C14H13NO4S2/c1-9-7-15(12-5-3-2-4-11(9)12)21(18,19)13-6-10(8-20-13)14(16)17/h2-6,8-9H,7H2,1H3,(H,16,17)/t9-/m1/s1. The Morgan fingerprint density at radius 1 is 1.38 bits per heavy atom. The molecule has 2 aromatic rings. The summed E-state index contributed by atoms with van der Waals surface area (Å²) in [5.41, 5.74) is 1.67. The summed E-state index contributed by atoms with van der Waals surface area (Å²) in [7, 11) is -3.71. The van der Waals surface area contributed by atoms with Crippen LogP contribution in [0.4, 0.5) is 5.69 Å². The Bertz CT molecular complexity index is 810. The number of fused-ring (bicyclic) bond motifs is 1. The monoisotopic (exact) mass is 323 g/mol. The van der Waals surface area contributed by atoms with Crippen LogP contribution in [0.3, 0.4) is 0 Å². The molecule has 3 rings (SSSR count). The lowest BCUT2D eigenvalue weighted by molar-refractivity contribution is 0.0697. The number of thiophene rings is 1. The van der Waals surface area contributed by atoms with Crippen LogP contribution in [0.25, 0.3) is 0 Å². The molecule has 1 aliphatic heterocycles. The van der Waals surface area contributed by atoms with Gasteiger partial charge in [-0.15, -0.1) is 11.3 Å². The van der Waals surface area contributed by atoms with Crippen molar-refractivity contribution in [2.45, 2.75) is 17.1 Å². The van der Waals surface area contributed by atoms with Crippen LogP contribution in [0.5, 0.6) is 0 Å². The van der Waals surface area contributed by atoms with Crippen molar-refractivity contribution < 1.29 is 18.3 Å². The molecule has 0 saturated carbocycles. The van der Waals surface area contributed by atoms with Crippen molar-refractivity contribution in [3.8, 4) is 0 Å². The molecule has 21 heavy (non-hydrogen) atoms. The first-order valence-corrected chi connectivity index (χ1v) is 8.66. The largest absolute Gasteiger partial charge is 0.478 e. The minimum absolute atomic E-state index is 0.000828. The lowest BCUT2D eigenvalue weighted by Crippen LogP contribution is -2.29. The van der Waals surface area contributed by atoms with Crippen LogP contribution in [-0.4, -0.2) is 26.0 Å². The van der Waals surface area contributed by atoms with Crippen molar-refractivity contribution in [2.75, 3.05) is 10.8 Å². The number of sulfonamides is 1. The number of benzene rings is 1. The van der Waals surface area contributed by atoms with Crippen LogP contribution in [0, 0.1) is 0 Å². The predicted octanol–water partition coefficient (Wildman–Crippen LogP) is 2.76. The van der Waals surface area contributed by atoms with Crippen molar-refractivity contribution in [1.29, 1.82) is 0 Å². The molecular weight excluding hydrogens is 310 g/mol. The van der Waals surface area contributed by atoms with E-state index in [1.807, 2.05) is 19.1 Å². The summed E-state index contributed by atoms with van der Waals surface area (Å²) in [5.74, 6) is -1.00. The van der Waals surface area contributed by atoms with Crippen molar-refractivity contribution in [3.63, 3.8) is 0 Å². The zero-order valence-corrected chi connectivity index (χ0v) is 12.8. The molecule has 110 valence electrons. The van der Waals surface area contributed by atoms with E-state index in [1.165, 1.54) is 15.8 Å². The molecule has 0 spiro atoms. The zero-order chi connectivity index (χ0) is 15.2. The molecule has 7 heteroatoms. The fraction of sp³-hybridized carbons (Fsp3) is 0.214. The maximum Gasteiger partial charge on any atom is 0.336 e. The van der Waals surface area contributed by atoms with E-state index in [4.69, 9.17) is 5.11 Å². The van der Waals surface area contributed by atoms with Crippen LogP contribution in [0.1, 0.15) is 28.8 Å². The van der Waals surface area contributed by atoms with E-state index in [0.717, 1.165) is 16.9 Å². The SMILES string of the molecule is C[C@@H]1CN(S(=O)(=O)c2cc(C(=O)O)cs2)c2ccccc21. The van der Waals surface area contributed by atoms with Gasteiger partial charge in [0.15, 0.2) is 0 Å². The summed E-state index contributed by atoms with van der Waals surface area (Å²) < 4.78 is 26.9. The van der Waals surface area contributed by atoms with Gasteiger partial charge in [0.1, 0.15) is 4.21 Å². The summed E-state index contributed by atoms with van der Waals surface area (Å²) in [6, 6.07) is 8.61. The second-order valence-electron chi connectivity index (χ2n) is 4.96. The lowest BCUT2D eigenvalue weighted by atomic mass is 10.0. The first-order valence-electron chi connectivity index (χ1n) is 6.35. The summed E-state index contributed by atoms with van der Waals surface area (Å²) in [5, 5.41) is 10.3. The molecule has 0 unspecified atom stereocenters. The molecule has 0 saturated heterocycles. The number of hydrogen-bond donors (Lipinski definition) is 1. The molecule has 1 aromatic heterocycles. The van der Waals surface area contributed by atoms with Crippen LogP contribution >= 0.6 is 11.3 Å². The predicted molar refractivity (Wildman–Crippen MR) is 80.7 cm³/mol. The lowest BCUT2D eigenvalue weighted by Gasteiger charge is -2.18. The molecule has 1 aliphatic rings. The number of carboxylic acids is 1. The molecule has 1 N–H and O–H groups in total. The number of rotatable bonds is 3. The van der Waals surface area contributed by atoms with Gasteiger partial charge in [-0.3, -0.25) is 4.31 Å². The van der Waals surface area contributed by atoms with Crippen LogP contribution in [0.15, 0.2) is 39.9 Å². The average molecular weight is 323 g/mol. The van der Waals surface area contributed by atoms with Crippen LogP contribution in [-0.2, 0) is 10.0 Å². The van der Waals surface area contributed by atoms with Crippen LogP contribution < -0.4 is 4.31 Å². The molecule has 2 heterocycles. The first kappa shape index (κ1) is 14.1. The summed E-state index contributed by atoms with van der Waals surface area (Å²) in [6.07, 6.45) is 0. The number of para-hydroxylation sites is 1. The number of carboxylic acid groups (broad SMARTS) is 1. The number of carbonyl (C=O) groups is 1. The van der Waals surface area contributed by atoms with Crippen molar-refractivity contribution in [1.82, 2.24) is 0 Å². The second kappa shape index (κ2) is 4.85. The average Bonchev–Trinajstić information content (AvgIpc) is 3.05. The molecule has 0 radical (unpaired) electrons. The molecular formula is C14H13NO4S2. The Balaban J connectivity index is 2.05. The fourth-order valence-electron chi connectivity index (χ4n) is 2.48. The van der Waals surface area contributed by atoms with E-state index in [-0.39, 0.29) is 15.7 Å². The van der Waals surface area contributed by atoms with Gasteiger partial charge in [-0.1, -0.05) is 25.1 Å². The van der Waals surface area contributed by atoms with Crippen molar-refractivity contribution in [3.05, 3.63) is 46.8 Å². The highest BCUT2D eigenvalue weighted by Gasteiger charge is 2.35. The smallest absolute Gasteiger partial charge is 0.336 e. The minimum atomic E-state index is -3.71. The van der Waals surface area contributed by atoms with Gasteiger partial charge in [0.05, 0.1) is 11.3 Å². The second-order valence-corrected chi connectivity index (χ2v) is 7.96. The van der Waals surface area contributed by atoms with Gasteiger partial charge < -0.3 is 5.11 Å². The van der Waals surface area contributed by atoms with E-state index in [0.29, 0.717) is 12.2 Å². The fourth-order valence-corrected chi connectivity index (χ4v) is 5.32. The van der Waals surface area contributed by atoms with Gasteiger partial charge in [0, 0.05) is 17.8 Å². The number of aromatic carboxylic acids is 1. The van der Waals surface area contributed by atoms with Crippen molar-refractivity contribution in [2.24, 2.45) is 0 Å². The zero-order valence-electron chi connectivity index (χ0n) is 11.2. The minimum Gasteiger partial charge on any atom is -0.478 e. The van der Waals surface area contributed by atoms with Gasteiger partial charge in [0.25, 0.3) is 10.0 Å². The normalized spacial score (nSPS) is 17.8. The Morgan fingerprint density at radius 3 is 2.76 bits per heavy atom. The van der Waals surface area contributed by atoms with E-state index in [9.17, 15) is 13.2 Å². The Morgan fingerprint density at radius 2 is 2.10 bits per heavy atom. The summed E-state index contributed by atoms with van der Waals surface area (Å²) in [6.45, 7) is 2.35. The van der Waals surface area contributed by atoms with Gasteiger partial charge >= 0.3 is 5.97 Å². The molecule has 0 aliphatic carbocycles. The highest BCUT2D eigenvalue weighted by molar-refractivity contribution is 7.94.